The summed E-state index contributed by atoms with van der Waals surface area (Å²) < 4.78 is 0. The van der Waals surface area contributed by atoms with Crippen LogP contribution in [0.2, 0.25) is 0 Å². The standard InChI is InChI=1S/C14H19N3.C4H4O4/c1-2-6-16-7-9-17(10-8-16)14-5-3-4-13(11-14)12-15;5-3(6)1-2-4(7)8/h3-5,11H,2,6-10H2,1H3;1-2H,(H,5,6)(H,7,8)/b;2-1+. The van der Waals surface area contributed by atoms with Gasteiger partial charge in [0.1, 0.15) is 0 Å². The van der Waals surface area contributed by atoms with Crippen LogP contribution in [0.25, 0.3) is 0 Å². The molecule has 134 valence electrons. The first kappa shape index (κ1) is 20.2. The molecule has 1 aliphatic heterocycles. The van der Waals surface area contributed by atoms with Crippen LogP contribution in [-0.4, -0.2) is 59.8 Å². The van der Waals surface area contributed by atoms with Crippen molar-refractivity contribution in [3.8, 4) is 6.07 Å². The highest BCUT2D eigenvalue weighted by Gasteiger charge is 2.16. The van der Waals surface area contributed by atoms with Crippen molar-refractivity contribution in [3.05, 3.63) is 42.0 Å². The van der Waals surface area contributed by atoms with Gasteiger partial charge in [0.2, 0.25) is 0 Å². The van der Waals surface area contributed by atoms with Gasteiger partial charge >= 0.3 is 11.9 Å². The number of carboxylic acid groups (broad SMARTS) is 2. The Morgan fingerprint density at radius 3 is 2.24 bits per heavy atom. The van der Waals surface area contributed by atoms with Crippen LogP contribution in [0.5, 0.6) is 0 Å². The van der Waals surface area contributed by atoms with E-state index >= 15 is 0 Å². The molecule has 1 heterocycles. The average Bonchev–Trinajstić information content (AvgIpc) is 2.61. The van der Waals surface area contributed by atoms with Crippen molar-refractivity contribution in [2.24, 2.45) is 0 Å². The molecule has 0 spiro atoms. The minimum Gasteiger partial charge on any atom is -0.478 e. The smallest absolute Gasteiger partial charge is 0.328 e. The van der Waals surface area contributed by atoms with Gasteiger partial charge in [0.05, 0.1) is 11.6 Å². The molecule has 2 N–H and O–H groups in total. The van der Waals surface area contributed by atoms with Crippen molar-refractivity contribution in [1.82, 2.24) is 4.90 Å². The van der Waals surface area contributed by atoms with Gasteiger partial charge in [-0.3, -0.25) is 4.90 Å². The minimum atomic E-state index is -1.26. The third-order valence-corrected chi connectivity index (χ3v) is 3.62. The van der Waals surface area contributed by atoms with E-state index in [1.807, 2.05) is 18.2 Å². The highest BCUT2D eigenvalue weighted by Crippen LogP contribution is 2.17. The van der Waals surface area contributed by atoms with Crippen molar-refractivity contribution in [3.63, 3.8) is 0 Å². The van der Waals surface area contributed by atoms with E-state index in [-0.39, 0.29) is 0 Å². The van der Waals surface area contributed by atoms with E-state index in [1.54, 1.807) is 0 Å². The Morgan fingerprint density at radius 1 is 1.16 bits per heavy atom. The lowest BCUT2D eigenvalue weighted by molar-refractivity contribution is -0.134. The summed E-state index contributed by atoms with van der Waals surface area (Å²) in [4.78, 5) is 24.0. The Bertz CT molecular complexity index is 628. The summed E-state index contributed by atoms with van der Waals surface area (Å²) in [6, 6.07) is 10.1. The predicted octanol–water partition coefficient (Wildman–Crippen LogP) is 1.80. The molecule has 0 aromatic heterocycles. The van der Waals surface area contributed by atoms with Crippen LogP contribution in [0.1, 0.15) is 18.9 Å². The molecule has 1 aromatic rings. The monoisotopic (exact) mass is 345 g/mol. The van der Waals surface area contributed by atoms with Crippen LogP contribution in [0.3, 0.4) is 0 Å². The molecule has 7 heteroatoms. The summed E-state index contributed by atoms with van der Waals surface area (Å²) >= 11 is 0. The fourth-order valence-electron chi connectivity index (χ4n) is 2.46. The molecule has 0 unspecified atom stereocenters. The summed E-state index contributed by atoms with van der Waals surface area (Å²) in [5.41, 5.74) is 1.93. The van der Waals surface area contributed by atoms with E-state index < -0.39 is 11.9 Å². The second-order valence-electron chi connectivity index (χ2n) is 5.50. The lowest BCUT2D eigenvalue weighted by Crippen LogP contribution is -2.46. The third-order valence-electron chi connectivity index (χ3n) is 3.62. The molecule has 0 saturated carbocycles. The molecule has 0 radical (unpaired) electrons. The molecule has 25 heavy (non-hydrogen) atoms. The molecule has 1 saturated heterocycles. The van der Waals surface area contributed by atoms with Gasteiger partial charge in [0, 0.05) is 44.0 Å². The molecule has 0 amide bonds. The zero-order valence-corrected chi connectivity index (χ0v) is 14.3. The summed E-state index contributed by atoms with van der Waals surface area (Å²) in [6.07, 6.45) is 2.34. The Morgan fingerprint density at radius 2 is 1.76 bits per heavy atom. The van der Waals surface area contributed by atoms with Crippen molar-refractivity contribution in [2.45, 2.75) is 13.3 Å². The lowest BCUT2D eigenvalue weighted by Gasteiger charge is -2.36. The Labute approximate surface area is 147 Å². The number of aliphatic carboxylic acids is 2. The van der Waals surface area contributed by atoms with Gasteiger partial charge in [-0.1, -0.05) is 13.0 Å². The van der Waals surface area contributed by atoms with Gasteiger partial charge in [-0.2, -0.15) is 5.26 Å². The van der Waals surface area contributed by atoms with Crippen LogP contribution in [-0.2, 0) is 9.59 Å². The largest absolute Gasteiger partial charge is 0.478 e. The topological polar surface area (TPSA) is 105 Å². The molecule has 1 fully saturated rings. The number of benzene rings is 1. The molecule has 1 aromatic carbocycles. The first-order valence-corrected chi connectivity index (χ1v) is 8.07. The van der Waals surface area contributed by atoms with Crippen molar-refractivity contribution >= 4 is 17.6 Å². The number of hydrogen-bond acceptors (Lipinski definition) is 5. The molecule has 1 aliphatic rings. The van der Waals surface area contributed by atoms with Gasteiger partial charge in [-0.05, 0) is 31.2 Å². The Hall–Kier alpha value is -2.85. The van der Waals surface area contributed by atoms with E-state index in [4.69, 9.17) is 15.5 Å². The number of carboxylic acids is 2. The van der Waals surface area contributed by atoms with E-state index in [1.165, 1.54) is 18.7 Å². The maximum atomic E-state index is 9.55. The van der Waals surface area contributed by atoms with E-state index in [0.717, 1.165) is 31.7 Å². The minimum absolute atomic E-state index is 0.558. The van der Waals surface area contributed by atoms with Gasteiger partial charge in [-0.25, -0.2) is 9.59 Å². The molecule has 0 bridgehead atoms. The number of anilines is 1. The van der Waals surface area contributed by atoms with Crippen molar-refractivity contribution in [2.75, 3.05) is 37.6 Å². The first-order valence-electron chi connectivity index (χ1n) is 8.07. The van der Waals surface area contributed by atoms with E-state index in [0.29, 0.717) is 12.2 Å². The zero-order chi connectivity index (χ0) is 18.7. The zero-order valence-electron chi connectivity index (χ0n) is 14.3. The highest BCUT2D eigenvalue weighted by molar-refractivity contribution is 5.89. The maximum absolute atomic E-state index is 9.55. The lowest BCUT2D eigenvalue weighted by atomic mass is 10.2. The third kappa shape index (κ3) is 7.99. The quantitative estimate of drug-likeness (QED) is 0.784. The van der Waals surface area contributed by atoms with Crippen LogP contribution in [0.4, 0.5) is 5.69 Å². The summed E-state index contributed by atoms with van der Waals surface area (Å²) in [7, 11) is 0. The first-order chi connectivity index (χ1) is 12.0. The van der Waals surface area contributed by atoms with Gasteiger partial charge in [-0.15, -0.1) is 0 Å². The Balaban J connectivity index is 0.000000333. The number of hydrogen-bond donors (Lipinski definition) is 2. The number of carbonyl (C=O) groups is 2. The average molecular weight is 345 g/mol. The van der Waals surface area contributed by atoms with Crippen molar-refractivity contribution in [1.29, 1.82) is 5.26 Å². The molecule has 7 nitrogen and oxygen atoms in total. The molecular formula is C18H23N3O4. The second kappa shape index (κ2) is 10.8. The van der Waals surface area contributed by atoms with Gasteiger partial charge < -0.3 is 15.1 Å². The van der Waals surface area contributed by atoms with Gasteiger partial charge in [0.15, 0.2) is 0 Å². The number of nitriles is 1. The number of rotatable bonds is 5. The highest BCUT2D eigenvalue weighted by atomic mass is 16.4. The van der Waals surface area contributed by atoms with Crippen LogP contribution >= 0.6 is 0 Å². The van der Waals surface area contributed by atoms with Crippen LogP contribution < -0.4 is 4.90 Å². The fraction of sp³-hybridized carbons (Fsp3) is 0.389. The molecular weight excluding hydrogens is 322 g/mol. The summed E-state index contributed by atoms with van der Waals surface area (Å²) in [5.74, 6) is -2.51. The van der Waals surface area contributed by atoms with Crippen LogP contribution in [0.15, 0.2) is 36.4 Å². The summed E-state index contributed by atoms with van der Waals surface area (Å²) in [5, 5.41) is 24.5. The molecule has 2 rings (SSSR count). The van der Waals surface area contributed by atoms with E-state index in [2.05, 4.69) is 28.9 Å². The number of piperazine rings is 1. The summed E-state index contributed by atoms with van der Waals surface area (Å²) in [6.45, 7) is 7.81. The number of nitrogens with zero attached hydrogens (tertiary/aromatic N) is 3. The Kier molecular flexibility index (Phi) is 8.75. The van der Waals surface area contributed by atoms with E-state index in [9.17, 15) is 9.59 Å². The van der Waals surface area contributed by atoms with Crippen molar-refractivity contribution < 1.29 is 19.8 Å². The van der Waals surface area contributed by atoms with Crippen LogP contribution in [0, 0.1) is 11.3 Å². The predicted molar refractivity (Wildman–Crippen MR) is 94.5 cm³/mol. The normalized spacial score (nSPS) is 14.5. The SMILES string of the molecule is CCCN1CCN(c2cccc(C#N)c2)CC1.O=C(O)/C=C/C(=O)O. The fourth-order valence-corrected chi connectivity index (χ4v) is 2.46. The van der Waals surface area contributed by atoms with Gasteiger partial charge in [0.25, 0.3) is 0 Å². The molecule has 0 atom stereocenters. The maximum Gasteiger partial charge on any atom is 0.328 e. The second-order valence-corrected chi connectivity index (χ2v) is 5.50. The molecule has 0 aliphatic carbocycles.